The highest BCUT2D eigenvalue weighted by molar-refractivity contribution is 5.82. The zero-order valence-electron chi connectivity index (χ0n) is 11.1. The van der Waals surface area contributed by atoms with Crippen LogP contribution in [-0.2, 0) is 0 Å². The highest BCUT2D eigenvalue weighted by Gasteiger charge is 2.01. The van der Waals surface area contributed by atoms with Gasteiger partial charge in [0.1, 0.15) is 0 Å². The van der Waals surface area contributed by atoms with E-state index in [1.165, 1.54) is 0 Å². The fourth-order valence-corrected chi connectivity index (χ4v) is 2.17. The Morgan fingerprint density at radius 1 is 1.05 bits per heavy atom. The van der Waals surface area contributed by atoms with E-state index in [1.807, 2.05) is 55.6 Å². The molecule has 0 aliphatic heterocycles. The lowest BCUT2D eigenvalue weighted by molar-refractivity contribution is 1.37. The van der Waals surface area contributed by atoms with E-state index in [2.05, 4.69) is 22.4 Å². The van der Waals surface area contributed by atoms with Gasteiger partial charge in [-0.05, 0) is 42.8 Å². The van der Waals surface area contributed by atoms with E-state index in [9.17, 15) is 0 Å². The van der Waals surface area contributed by atoms with Gasteiger partial charge in [0, 0.05) is 11.1 Å². The Kier molecular flexibility index (Phi) is 3.06. The molecule has 0 radical (unpaired) electrons. The lowest BCUT2D eigenvalue weighted by atomic mass is 10.1. The second-order valence-electron chi connectivity index (χ2n) is 4.68. The number of hydrogen-bond acceptors (Lipinski definition) is 3. The van der Waals surface area contributed by atoms with Crippen molar-refractivity contribution in [2.24, 2.45) is 0 Å². The fraction of sp³-hybridized carbons (Fsp3) is 0.0588. The summed E-state index contributed by atoms with van der Waals surface area (Å²) in [4.78, 5) is 4.42. The molecule has 0 spiro atoms. The summed E-state index contributed by atoms with van der Waals surface area (Å²) in [6.07, 6.45) is 1.82. The smallest absolute Gasteiger partial charge is 0.0994 e. The number of rotatable bonds is 2. The molecule has 20 heavy (non-hydrogen) atoms. The van der Waals surface area contributed by atoms with E-state index in [1.54, 1.807) is 0 Å². The van der Waals surface area contributed by atoms with Crippen LogP contribution in [0.3, 0.4) is 0 Å². The minimum Gasteiger partial charge on any atom is -0.354 e. The number of para-hydroxylation sites is 1. The Morgan fingerprint density at radius 3 is 2.70 bits per heavy atom. The van der Waals surface area contributed by atoms with Crippen molar-refractivity contribution >= 4 is 22.3 Å². The van der Waals surface area contributed by atoms with Crippen molar-refractivity contribution in [3.8, 4) is 6.07 Å². The summed E-state index contributed by atoms with van der Waals surface area (Å²) in [5.74, 6) is 0. The maximum atomic E-state index is 8.94. The summed E-state index contributed by atoms with van der Waals surface area (Å²) >= 11 is 0. The van der Waals surface area contributed by atoms with Crippen molar-refractivity contribution in [2.45, 2.75) is 6.92 Å². The minimum atomic E-state index is 0.701. The van der Waals surface area contributed by atoms with Gasteiger partial charge in [0.05, 0.1) is 29.0 Å². The van der Waals surface area contributed by atoms with Crippen molar-refractivity contribution in [1.82, 2.24) is 4.98 Å². The molecule has 1 aromatic heterocycles. The minimum absolute atomic E-state index is 0.701. The number of aromatic nitrogens is 1. The molecule has 3 rings (SSSR count). The summed E-state index contributed by atoms with van der Waals surface area (Å²) in [6, 6.07) is 17.9. The molecule has 0 atom stereocenters. The number of nitriles is 1. The van der Waals surface area contributed by atoms with Gasteiger partial charge in [-0.1, -0.05) is 18.2 Å². The molecule has 96 valence electrons. The van der Waals surface area contributed by atoms with Gasteiger partial charge in [-0.3, -0.25) is 4.98 Å². The van der Waals surface area contributed by atoms with E-state index in [0.717, 1.165) is 27.8 Å². The third-order valence-corrected chi connectivity index (χ3v) is 3.23. The Morgan fingerprint density at radius 2 is 1.90 bits per heavy atom. The zero-order valence-corrected chi connectivity index (χ0v) is 11.1. The van der Waals surface area contributed by atoms with Crippen LogP contribution < -0.4 is 5.32 Å². The molecular weight excluding hydrogens is 246 g/mol. The maximum Gasteiger partial charge on any atom is 0.0994 e. The summed E-state index contributed by atoms with van der Waals surface area (Å²) in [7, 11) is 0. The molecule has 0 aliphatic rings. The van der Waals surface area contributed by atoms with E-state index in [-0.39, 0.29) is 0 Å². The second kappa shape index (κ2) is 5.02. The van der Waals surface area contributed by atoms with Crippen LogP contribution in [0.4, 0.5) is 11.4 Å². The van der Waals surface area contributed by atoms with Gasteiger partial charge in [-0.25, -0.2) is 0 Å². The standard InChI is InChI=1S/C17H13N3/c1-12-8-15(7-6-14(12)10-18)20-16-9-13-4-2-3-5-17(13)19-11-16/h2-9,11,20H,1H3. The molecule has 1 heterocycles. The highest BCUT2D eigenvalue weighted by atomic mass is 14.9. The first kappa shape index (κ1) is 12.2. The summed E-state index contributed by atoms with van der Waals surface area (Å²) in [5.41, 5.74) is 4.54. The predicted octanol–water partition coefficient (Wildman–Crippen LogP) is 4.16. The van der Waals surface area contributed by atoms with Crippen LogP contribution in [0.1, 0.15) is 11.1 Å². The average Bonchev–Trinajstić information content (AvgIpc) is 2.47. The van der Waals surface area contributed by atoms with Crippen molar-refractivity contribution in [3.63, 3.8) is 0 Å². The van der Waals surface area contributed by atoms with E-state index < -0.39 is 0 Å². The lowest BCUT2D eigenvalue weighted by Gasteiger charge is -2.08. The van der Waals surface area contributed by atoms with Gasteiger partial charge < -0.3 is 5.32 Å². The number of aryl methyl sites for hydroxylation is 1. The molecule has 0 bridgehead atoms. The van der Waals surface area contributed by atoms with Gasteiger partial charge in [-0.2, -0.15) is 5.26 Å². The third-order valence-electron chi connectivity index (χ3n) is 3.23. The number of hydrogen-bond donors (Lipinski definition) is 1. The molecule has 3 nitrogen and oxygen atoms in total. The molecular formula is C17H13N3. The summed E-state index contributed by atoms with van der Waals surface area (Å²) in [6.45, 7) is 1.93. The highest BCUT2D eigenvalue weighted by Crippen LogP contribution is 2.22. The average molecular weight is 259 g/mol. The van der Waals surface area contributed by atoms with Crippen LogP contribution in [0.15, 0.2) is 54.7 Å². The number of pyridine rings is 1. The van der Waals surface area contributed by atoms with Crippen molar-refractivity contribution in [3.05, 3.63) is 65.9 Å². The normalized spacial score (nSPS) is 10.2. The molecule has 3 aromatic rings. The number of anilines is 2. The quantitative estimate of drug-likeness (QED) is 0.751. The van der Waals surface area contributed by atoms with E-state index in [4.69, 9.17) is 5.26 Å². The van der Waals surface area contributed by atoms with Crippen LogP contribution in [0.2, 0.25) is 0 Å². The Balaban J connectivity index is 1.93. The second-order valence-corrected chi connectivity index (χ2v) is 4.68. The number of nitrogens with one attached hydrogen (secondary N) is 1. The van der Waals surface area contributed by atoms with E-state index in [0.29, 0.717) is 5.56 Å². The van der Waals surface area contributed by atoms with Crippen LogP contribution in [0.5, 0.6) is 0 Å². The number of fused-ring (bicyclic) bond motifs is 1. The first-order chi connectivity index (χ1) is 9.76. The lowest BCUT2D eigenvalue weighted by Crippen LogP contribution is -1.93. The monoisotopic (exact) mass is 259 g/mol. The number of benzene rings is 2. The summed E-state index contributed by atoms with van der Waals surface area (Å²) in [5, 5.41) is 13.4. The Labute approximate surface area is 117 Å². The van der Waals surface area contributed by atoms with Crippen molar-refractivity contribution < 1.29 is 0 Å². The van der Waals surface area contributed by atoms with Crippen LogP contribution in [-0.4, -0.2) is 4.98 Å². The molecule has 0 unspecified atom stereocenters. The van der Waals surface area contributed by atoms with Crippen LogP contribution in [0.25, 0.3) is 10.9 Å². The Hall–Kier alpha value is -2.86. The molecule has 1 N–H and O–H groups in total. The van der Waals surface area contributed by atoms with Gasteiger partial charge in [0.2, 0.25) is 0 Å². The molecule has 2 aromatic carbocycles. The molecule has 0 saturated heterocycles. The van der Waals surface area contributed by atoms with E-state index >= 15 is 0 Å². The van der Waals surface area contributed by atoms with Crippen LogP contribution >= 0.6 is 0 Å². The topological polar surface area (TPSA) is 48.7 Å². The van der Waals surface area contributed by atoms with Crippen molar-refractivity contribution in [2.75, 3.05) is 5.32 Å². The largest absolute Gasteiger partial charge is 0.354 e. The molecule has 0 aliphatic carbocycles. The number of nitrogens with zero attached hydrogens (tertiary/aromatic N) is 2. The predicted molar refractivity (Wildman–Crippen MR) is 80.9 cm³/mol. The van der Waals surface area contributed by atoms with Gasteiger partial charge in [-0.15, -0.1) is 0 Å². The first-order valence-electron chi connectivity index (χ1n) is 6.39. The zero-order chi connectivity index (χ0) is 13.9. The first-order valence-corrected chi connectivity index (χ1v) is 6.39. The SMILES string of the molecule is Cc1cc(Nc2cnc3ccccc3c2)ccc1C#N. The van der Waals surface area contributed by atoms with Gasteiger partial charge in [0.25, 0.3) is 0 Å². The molecule has 0 saturated carbocycles. The maximum absolute atomic E-state index is 8.94. The van der Waals surface area contributed by atoms with Crippen LogP contribution in [0, 0.1) is 18.3 Å². The fourth-order valence-electron chi connectivity index (χ4n) is 2.17. The van der Waals surface area contributed by atoms with Gasteiger partial charge in [0.15, 0.2) is 0 Å². The van der Waals surface area contributed by atoms with Gasteiger partial charge >= 0.3 is 0 Å². The van der Waals surface area contributed by atoms with Crippen molar-refractivity contribution in [1.29, 1.82) is 5.26 Å². The third kappa shape index (κ3) is 2.32. The Bertz CT molecular complexity index is 816. The molecule has 3 heteroatoms. The summed E-state index contributed by atoms with van der Waals surface area (Å²) < 4.78 is 0. The molecule has 0 amide bonds. The molecule has 0 fully saturated rings.